The highest BCUT2D eigenvalue weighted by atomic mass is 19.1. The van der Waals surface area contributed by atoms with Gasteiger partial charge in [-0.2, -0.15) is 0 Å². The molecule has 7 nitrogen and oxygen atoms in total. The van der Waals surface area contributed by atoms with Crippen LogP contribution in [0, 0.1) is 5.82 Å². The molecule has 1 fully saturated rings. The van der Waals surface area contributed by atoms with E-state index in [0.717, 1.165) is 59.6 Å². The fourth-order valence-corrected chi connectivity index (χ4v) is 4.22. The van der Waals surface area contributed by atoms with Gasteiger partial charge in [0, 0.05) is 43.6 Å². The Bertz CT molecular complexity index is 1430. The lowest BCUT2D eigenvalue weighted by molar-refractivity contribution is 0.313. The molecule has 0 spiro atoms. The van der Waals surface area contributed by atoms with Crippen LogP contribution in [0.5, 0.6) is 0 Å². The number of aromatic nitrogens is 5. The van der Waals surface area contributed by atoms with E-state index in [1.165, 1.54) is 11.8 Å². The van der Waals surface area contributed by atoms with Gasteiger partial charge < -0.3 is 19.8 Å². The van der Waals surface area contributed by atoms with Gasteiger partial charge in [0.25, 0.3) is 0 Å². The smallest absolute Gasteiger partial charge is 0.160 e. The number of imidazole rings is 2. The average Bonchev–Trinajstić information content (AvgIpc) is 3.43. The third kappa shape index (κ3) is 3.29. The molecule has 1 aliphatic rings. The molecule has 2 aromatic carbocycles. The monoisotopic (exact) mass is 427 g/mol. The van der Waals surface area contributed by atoms with Gasteiger partial charge in [0.2, 0.25) is 0 Å². The van der Waals surface area contributed by atoms with E-state index in [0.29, 0.717) is 5.82 Å². The van der Waals surface area contributed by atoms with Crippen molar-refractivity contribution in [2.75, 3.05) is 38.1 Å². The highest BCUT2D eigenvalue weighted by Crippen LogP contribution is 2.28. The van der Waals surface area contributed by atoms with Crippen molar-refractivity contribution < 1.29 is 4.39 Å². The van der Waals surface area contributed by atoms with E-state index in [4.69, 9.17) is 4.98 Å². The molecule has 6 rings (SSSR count). The first-order valence-corrected chi connectivity index (χ1v) is 10.7. The number of hydrogen-bond acceptors (Lipinski definition) is 5. The van der Waals surface area contributed by atoms with Crippen LogP contribution in [0.4, 0.5) is 10.1 Å². The molecule has 32 heavy (non-hydrogen) atoms. The molecule has 0 bridgehead atoms. The van der Waals surface area contributed by atoms with Crippen LogP contribution in [0.1, 0.15) is 0 Å². The van der Waals surface area contributed by atoms with Crippen LogP contribution in [-0.2, 0) is 0 Å². The number of halogens is 1. The molecule has 0 radical (unpaired) electrons. The Morgan fingerprint density at radius 3 is 2.38 bits per heavy atom. The van der Waals surface area contributed by atoms with E-state index in [2.05, 4.69) is 55.0 Å². The summed E-state index contributed by atoms with van der Waals surface area (Å²) in [4.78, 5) is 24.8. The second-order valence-electron chi connectivity index (χ2n) is 8.23. The van der Waals surface area contributed by atoms with Gasteiger partial charge in [-0.05, 0) is 55.6 Å². The summed E-state index contributed by atoms with van der Waals surface area (Å²) in [5.74, 6) is 0.800. The first-order chi connectivity index (χ1) is 15.6. The number of benzene rings is 2. The largest absolute Gasteiger partial charge is 0.369 e. The number of fused-ring (bicyclic) bond motifs is 2. The zero-order chi connectivity index (χ0) is 21.7. The lowest BCUT2D eigenvalue weighted by atomic mass is 10.2. The maximum absolute atomic E-state index is 14.1. The van der Waals surface area contributed by atoms with Crippen LogP contribution in [0.15, 0.2) is 54.7 Å². The number of nitrogens with one attached hydrogen (secondary N) is 2. The highest BCUT2D eigenvalue weighted by molar-refractivity contribution is 5.86. The number of H-pyrrole nitrogens is 2. The van der Waals surface area contributed by atoms with Crippen LogP contribution in [-0.4, -0.2) is 63.0 Å². The summed E-state index contributed by atoms with van der Waals surface area (Å²) in [7, 11) is 2.16. The van der Waals surface area contributed by atoms with Gasteiger partial charge >= 0.3 is 0 Å². The molecule has 0 atom stereocenters. The first-order valence-electron chi connectivity index (χ1n) is 10.7. The molecular formula is C24H22FN7. The van der Waals surface area contributed by atoms with Crippen LogP contribution < -0.4 is 4.90 Å². The molecular weight excluding hydrogens is 405 g/mol. The fraction of sp³-hybridized carbons (Fsp3) is 0.208. The van der Waals surface area contributed by atoms with Gasteiger partial charge in [0.05, 0.1) is 22.1 Å². The lowest BCUT2D eigenvalue weighted by Gasteiger charge is -2.34. The molecule has 1 aliphatic heterocycles. The number of hydrogen-bond donors (Lipinski definition) is 2. The first kappa shape index (κ1) is 18.9. The van der Waals surface area contributed by atoms with Crippen LogP contribution >= 0.6 is 0 Å². The summed E-state index contributed by atoms with van der Waals surface area (Å²) >= 11 is 0. The van der Waals surface area contributed by atoms with Gasteiger partial charge in [-0.1, -0.05) is 0 Å². The Labute approximate surface area is 183 Å². The minimum Gasteiger partial charge on any atom is -0.369 e. The van der Waals surface area contributed by atoms with Crippen molar-refractivity contribution in [1.82, 2.24) is 29.8 Å². The molecule has 0 amide bonds. The van der Waals surface area contributed by atoms with E-state index in [9.17, 15) is 4.39 Å². The van der Waals surface area contributed by atoms with Crippen LogP contribution in [0.25, 0.3) is 45.0 Å². The van der Waals surface area contributed by atoms with Gasteiger partial charge in [-0.25, -0.2) is 19.3 Å². The average molecular weight is 427 g/mol. The minimum atomic E-state index is -0.403. The van der Waals surface area contributed by atoms with Crippen molar-refractivity contribution in [3.8, 4) is 22.9 Å². The maximum Gasteiger partial charge on any atom is 0.160 e. The van der Waals surface area contributed by atoms with Gasteiger partial charge in [-0.15, -0.1) is 0 Å². The second-order valence-corrected chi connectivity index (χ2v) is 8.23. The van der Waals surface area contributed by atoms with Gasteiger partial charge in [0.15, 0.2) is 11.6 Å². The molecule has 2 N–H and O–H groups in total. The Morgan fingerprint density at radius 2 is 1.56 bits per heavy atom. The second kappa shape index (κ2) is 7.42. The summed E-state index contributed by atoms with van der Waals surface area (Å²) in [6.07, 6.45) is 1.56. The number of rotatable bonds is 3. The summed E-state index contributed by atoms with van der Waals surface area (Å²) < 4.78 is 14.1. The number of aromatic amines is 2. The predicted molar refractivity (Wildman–Crippen MR) is 124 cm³/mol. The Hall–Kier alpha value is -3.78. The van der Waals surface area contributed by atoms with E-state index in [-0.39, 0.29) is 5.69 Å². The van der Waals surface area contributed by atoms with Crippen molar-refractivity contribution >= 4 is 27.8 Å². The summed E-state index contributed by atoms with van der Waals surface area (Å²) in [6.45, 7) is 4.19. The topological polar surface area (TPSA) is 76.7 Å². The summed E-state index contributed by atoms with van der Waals surface area (Å²) in [6, 6.07) is 15.2. The Morgan fingerprint density at radius 1 is 0.844 bits per heavy atom. The van der Waals surface area contributed by atoms with E-state index in [1.54, 1.807) is 12.3 Å². The molecule has 0 aliphatic carbocycles. The molecule has 8 heteroatoms. The van der Waals surface area contributed by atoms with Crippen molar-refractivity contribution in [1.29, 1.82) is 0 Å². The molecule has 0 unspecified atom stereocenters. The predicted octanol–water partition coefficient (Wildman–Crippen LogP) is 4.06. The molecule has 160 valence electrons. The third-order valence-corrected chi connectivity index (χ3v) is 6.07. The molecule has 4 heterocycles. The zero-order valence-corrected chi connectivity index (χ0v) is 17.6. The quantitative estimate of drug-likeness (QED) is 0.454. The van der Waals surface area contributed by atoms with Crippen LogP contribution in [0.2, 0.25) is 0 Å². The zero-order valence-electron chi connectivity index (χ0n) is 17.6. The van der Waals surface area contributed by atoms with Crippen molar-refractivity contribution in [2.45, 2.75) is 0 Å². The molecule has 3 aromatic heterocycles. The highest BCUT2D eigenvalue weighted by Gasteiger charge is 2.16. The number of piperazine rings is 1. The van der Waals surface area contributed by atoms with Crippen LogP contribution in [0.3, 0.4) is 0 Å². The Balaban J connectivity index is 1.34. The number of nitrogens with zero attached hydrogens (tertiary/aromatic N) is 5. The van der Waals surface area contributed by atoms with E-state index in [1.807, 2.05) is 18.2 Å². The van der Waals surface area contributed by atoms with Crippen molar-refractivity contribution in [3.05, 3.63) is 60.5 Å². The summed E-state index contributed by atoms with van der Waals surface area (Å²) in [5, 5.41) is 0. The summed E-state index contributed by atoms with van der Waals surface area (Å²) in [5.41, 5.74) is 5.86. The molecule has 0 saturated carbocycles. The number of anilines is 1. The van der Waals surface area contributed by atoms with Crippen molar-refractivity contribution in [3.63, 3.8) is 0 Å². The number of likely N-dealkylation sites (N-methyl/N-ethyl adjacent to an activating group) is 1. The van der Waals surface area contributed by atoms with E-state index >= 15 is 0 Å². The Kier molecular flexibility index (Phi) is 4.39. The normalized spacial score (nSPS) is 15.1. The number of pyridine rings is 1. The SMILES string of the molecule is CN1CCN(c2ccc3nc(-c4ccc5nc(-c6ncccc6F)[nH]c5c4)[nH]c3c2)CC1. The molecule has 5 aromatic rings. The third-order valence-electron chi connectivity index (χ3n) is 6.07. The molecule has 1 saturated heterocycles. The maximum atomic E-state index is 14.1. The lowest BCUT2D eigenvalue weighted by Crippen LogP contribution is -2.44. The minimum absolute atomic E-state index is 0.213. The van der Waals surface area contributed by atoms with E-state index < -0.39 is 5.82 Å². The van der Waals surface area contributed by atoms with Gasteiger partial charge in [0.1, 0.15) is 11.5 Å². The van der Waals surface area contributed by atoms with Gasteiger partial charge in [-0.3, -0.25) is 0 Å². The fourth-order valence-electron chi connectivity index (χ4n) is 4.22. The van der Waals surface area contributed by atoms with Crippen molar-refractivity contribution in [2.24, 2.45) is 0 Å². The standard InChI is InChI=1S/C24H22FN7/c1-31-9-11-32(12-10-31)16-5-7-19-21(14-16)29-23(27-19)15-4-6-18-20(13-15)30-24(28-18)22-17(25)3-2-8-26-22/h2-8,13-14H,9-12H2,1H3,(H,27,29)(H,28,30).